The molecule has 0 aliphatic carbocycles. The normalized spacial score (nSPS) is 10.7. The highest BCUT2D eigenvalue weighted by molar-refractivity contribution is 5.89. The van der Waals surface area contributed by atoms with E-state index in [9.17, 15) is 4.79 Å². The number of nitrogens with zero attached hydrogens (tertiary/aromatic N) is 3. The number of amides is 1. The molecule has 29 heavy (non-hydrogen) atoms. The van der Waals surface area contributed by atoms with E-state index in [0.29, 0.717) is 11.5 Å². The minimum atomic E-state index is -0.117. The number of imidazole rings is 1. The molecule has 7 nitrogen and oxygen atoms in total. The van der Waals surface area contributed by atoms with E-state index in [4.69, 9.17) is 14.6 Å². The van der Waals surface area contributed by atoms with Crippen molar-refractivity contribution in [2.24, 2.45) is 0 Å². The highest BCUT2D eigenvalue weighted by atomic mass is 16.5. The molecule has 0 radical (unpaired) electrons. The molecule has 0 unspecified atom stereocenters. The van der Waals surface area contributed by atoms with Gasteiger partial charge in [-0.05, 0) is 42.5 Å². The van der Waals surface area contributed by atoms with Gasteiger partial charge in [-0.25, -0.2) is 9.50 Å². The smallest absolute Gasteiger partial charge is 0.221 e. The number of rotatable bonds is 5. The van der Waals surface area contributed by atoms with Gasteiger partial charge < -0.3 is 14.8 Å². The van der Waals surface area contributed by atoms with Crippen LogP contribution >= 0.6 is 0 Å². The van der Waals surface area contributed by atoms with Gasteiger partial charge in [0.15, 0.2) is 17.1 Å². The number of nitrogens with one attached hydrogen (secondary N) is 1. The Bertz CT molecular complexity index is 1200. The van der Waals surface area contributed by atoms with E-state index in [2.05, 4.69) is 10.3 Å². The van der Waals surface area contributed by atoms with Crippen molar-refractivity contribution in [2.75, 3.05) is 19.5 Å². The second-order valence-electron chi connectivity index (χ2n) is 6.46. The molecule has 2 heterocycles. The predicted molar refractivity (Wildman–Crippen MR) is 111 cm³/mol. The highest BCUT2D eigenvalue weighted by Crippen LogP contribution is 2.32. The first-order chi connectivity index (χ1) is 14.1. The van der Waals surface area contributed by atoms with Gasteiger partial charge in [-0.3, -0.25) is 4.79 Å². The lowest BCUT2D eigenvalue weighted by Crippen LogP contribution is -2.05. The Hall–Kier alpha value is -3.87. The van der Waals surface area contributed by atoms with Gasteiger partial charge in [-0.1, -0.05) is 12.1 Å². The van der Waals surface area contributed by atoms with Gasteiger partial charge in [0.05, 0.1) is 31.8 Å². The molecule has 2 aromatic carbocycles. The zero-order valence-electron chi connectivity index (χ0n) is 16.3. The molecule has 2 aromatic heterocycles. The highest BCUT2D eigenvalue weighted by Gasteiger charge is 2.12. The molecule has 4 aromatic rings. The fourth-order valence-electron chi connectivity index (χ4n) is 3.18. The monoisotopic (exact) mass is 388 g/mol. The van der Waals surface area contributed by atoms with Crippen LogP contribution in [0, 0.1) is 0 Å². The van der Waals surface area contributed by atoms with Crippen LogP contribution in [0.4, 0.5) is 5.69 Å². The molecular weight excluding hydrogens is 368 g/mol. The number of hydrogen-bond donors (Lipinski definition) is 1. The number of hydrogen-bond acceptors (Lipinski definition) is 5. The Morgan fingerprint density at radius 2 is 1.79 bits per heavy atom. The molecule has 1 N–H and O–H groups in total. The molecule has 0 atom stereocenters. The third-order valence-corrected chi connectivity index (χ3v) is 4.52. The van der Waals surface area contributed by atoms with Crippen molar-refractivity contribution in [1.29, 1.82) is 0 Å². The zero-order valence-corrected chi connectivity index (χ0v) is 16.3. The van der Waals surface area contributed by atoms with E-state index >= 15 is 0 Å². The molecule has 1 amide bonds. The number of fused-ring (bicyclic) bond motifs is 1. The molecule has 0 bridgehead atoms. The van der Waals surface area contributed by atoms with Crippen LogP contribution in [-0.4, -0.2) is 34.7 Å². The summed E-state index contributed by atoms with van der Waals surface area (Å²) in [5.74, 6) is 1.19. The van der Waals surface area contributed by atoms with Crippen LogP contribution in [0.1, 0.15) is 6.92 Å². The van der Waals surface area contributed by atoms with Crippen molar-refractivity contribution in [3.63, 3.8) is 0 Å². The van der Waals surface area contributed by atoms with Gasteiger partial charge in [-0.15, -0.1) is 0 Å². The second-order valence-corrected chi connectivity index (χ2v) is 6.46. The maximum absolute atomic E-state index is 11.4. The Kier molecular flexibility index (Phi) is 4.87. The van der Waals surface area contributed by atoms with Crippen molar-refractivity contribution < 1.29 is 14.3 Å². The maximum atomic E-state index is 11.4. The lowest BCUT2D eigenvalue weighted by molar-refractivity contribution is -0.114. The lowest BCUT2D eigenvalue weighted by Gasteiger charge is -2.10. The van der Waals surface area contributed by atoms with Crippen LogP contribution in [-0.2, 0) is 4.79 Å². The summed E-state index contributed by atoms with van der Waals surface area (Å²) in [6.45, 7) is 1.48. The van der Waals surface area contributed by atoms with Crippen molar-refractivity contribution >= 4 is 17.2 Å². The van der Waals surface area contributed by atoms with Crippen LogP contribution in [0.25, 0.3) is 28.2 Å². The quantitative estimate of drug-likeness (QED) is 0.558. The van der Waals surface area contributed by atoms with E-state index in [-0.39, 0.29) is 5.91 Å². The van der Waals surface area contributed by atoms with Crippen LogP contribution in [0.5, 0.6) is 11.5 Å². The van der Waals surface area contributed by atoms with Gasteiger partial charge in [-0.2, -0.15) is 5.10 Å². The Morgan fingerprint density at radius 1 is 0.966 bits per heavy atom. The van der Waals surface area contributed by atoms with Crippen LogP contribution in [0.2, 0.25) is 0 Å². The summed E-state index contributed by atoms with van der Waals surface area (Å²) in [5, 5.41) is 7.57. The number of anilines is 1. The average Bonchev–Trinajstić information content (AvgIpc) is 3.16. The van der Waals surface area contributed by atoms with Crippen molar-refractivity contribution in [2.45, 2.75) is 6.92 Å². The average molecular weight is 388 g/mol. The van der Waals surface area contributed by atoms with Crippen LogP contribution in [0.3, 0.4) is 0 Å². The first-order valence-electron chi connectivity index (χ1n) is 9.04. The molecule has 0 fully saturated rings. The SMILES string of the molecule is COc1ccc(-c2ccc3ncc(-c4cccc(NC(C)=O)c4)n3n2)cc1OC. The summed E-state index contributed by atoms with van der Waals surface area (Å²) < 4.78 is 12.5. The minimum absolute atomic E-state index is 0.117. The number of methoxy groups -OCH3 is 2. The summed E-state index contributed by atoms with van der Waals surface area (Å²) in [4.78, 5) is 15.8. The number of carbonyl (C=O) groups is 1. The number of benzene rings is 2. The summed E-state index contributed by atoms with van der Waals surface area (Å²) >= 11 is 0. The van der Waals surface area contributed by atoms with E-state index in [1.54, 1.807) is 24.9 Å². The number of aromatic nitrogens is 3. The molecule has 146 valence electrons. The summed E-state index contributed by atoms with van der Waals surface area (Å²) in [5.41, 5.74) is 4.86. The van der Waals surface area contributed by atoms with Gasteiger partial charge in [0, 0.05) is 23.7 Å². The lowest BCUT2D eigenvalue weighted by atomic mass is 10.1. The van der Waals surface area contributed by atoms with E-state index in [1.807, 2.05) is 54.6 Å². The van der Waals surface area contributed by atoms with Gasteiger partial charge in [0.2, 0.25) is 5.91 Å². The van der Waals surface area contributed by atoms with Crippen molar-refractivity contribution in [3.8, 4) is 34.0 Å². The van der Waals surface area contributed by atoms with E-state index < -0.39 is 0 Å². The third-order valence-electron chi connectivity index (χ3n) is 4.52. The van der Waals surface area contributed by atoms with Crippen LogP contribution in [0.15, 0.2) is 60.8 Å². The van der Waals surface area contributed by atoms with E-state index in [0.717, 1.165) is 33.8 Å². The Balaban J connectivity index is 1.79. The van der Waals surface area contributed by atoms with Crippen LogP contribution < -0.4 is 14.8 Å². The Morgan fingerprint density at radius 3 is 2.55 bits per heavy atom. The molecular formula is C22H20N4O3. The van der Waals surface area contributed by atoms with Gasteiger partial charge in [0.1, 0.15) is 0 Å². The maximum Gasteiger partial charge on any atom is 0.221 e. The van der Waals surface area contributed by atoms with Crippen molar-refractivity contribution in [1.82, 2.24) is 14.6 Å². The fourth-order valence-corrected chi connectivity index (χ4v) is 3.18. The molecule has 4 rings (SSSR count). The van der Waals surface area contributed by atoms with Gasteiger partial charge in [0.25, 0.3) is 0 Å². The largest absolute Gasteiger partial charge is 0.493 e. The summed E-state index contributed by atoms with van der Waals surface area (Å²) in [6.07, 6.45) is 1.77. The fraction of sp³-hybridized carbons (Fsp3) is 0.136. The zero-order chi connectivity index (χ0) is 20.4. The second kappa shape index (κ2) is 7.63. The molecule has 0 saturated heterocycles. The van der Waals surface area contributed by atoms with E-state index in [1.165, 1.54) is 6.92 Å². The molecule has 0 aliphatic heterocycles. The Labute approximate surface area is 167 Å². The first kappa shape index (κ1) is 18.5. The third kappa shape index (κ3) is 3.62. The summed E-state index contributed by atoms with van der Waals surface area (Å²) in [6, 6.07) is 17.1. The first-order valence-corrected chi connectivity index (χ1v) is 9.04. The molecule has 0 aliphatic rings. The van der Waals surface area contributed by atoms with Crippen molar-refractivity contribution in [3.05, 3.63) is 60.8 Å². The standard InChI is InChI=1S/C22H20N4O3/c1-14(27)24-17-6-4-5-16(11-17)19-13-23-22-10-8-18(25-26(19)22)15-7-9-20(28-2)21(12-15)29-3/h4-13H,1-3H3,(H,24,27). The minimum Gasteiger partial charge on any atom is -0.493 e. The molecule has 0 saturated carbocycles. The molecule has 7 heteroatoms. The topological polar surface area (TPSA) is 77.8 Å². The van der Waals surface area contributed by atoms with Gasteiger partial charge >= 0.3 is 0 Å². The number of carbonyl (C=O) groups excluding carboxylic acids is 1. The number of ether oxygens (including phenoxy) is 2. The molecule has 0 spiro atoms. The predicted octanol–water partition coefficient (Wildman–Crippen LogP) is 4.04. The summed E-state index contributed by atoms with van der Waals surface area (Å²) in [7, 11) is 3.21.